The second-order valence-corrected chi connectivity index (χ2v) is 5.18. The number of hydrogen-bond donors (Lipinski definition) is 2. The Balaban J connectivity index is 1.85. The van der Waals surface area contributed by atoms with Gasteiger partial charge in [0.25, 0.3) is 0 Å². The number of aromatic nitrogens is 1. The topological polar surface area (TPSA) is 74.5 Å². The third-order valence-corrected chi connectivity index (χ3v) is 3.86. The third kappa shape index (κ3) is 2.10. The van der Waals surface area contributed by atoms with Gasteiger partial charge >= 0.3 is 6.03 Å². The minimum Gasteiger partial charge on any atom is -0.389 e. The summed E-state index contributed by atoms with van der Waals surface area (Å²) >= 11 is 5.08. The zero-order valence-corrected chi connectivity index (χ0v) is 11.2. The molecule has 2 fully saturated rings. The molecule has 2 aliphatic heterocycles. The number of carbonyl (C=O) groups excluding carboxylic acids is 1. The maximum atomic E-state index is 11.6. The molecule has 1 aromatic heterocycles. The van der Waals surface area contributed by atoms with Crippen LogP contribution in [-0.4, -0.2) is 53.1 Å². The largest absolute Gasteiger partial charge is 0.389 e. The Kier molecular flexibility index (Phi) is 2.98. The summed E-state index contributed by atoms with van der Waals surface area (Å²) in [6, 6.07) is 2.08. The number of carbonyl (C=O) groups is 1. The van der Waals surface area contributed by atoms with Crippen molar-refractivity contribution in [3.05, 3.63) is 24.0 Å². The fourth-order valence-corrected chi connectivity index (χ4v) is 2.84. The van der Waals surface area contributed by atoms with E-state index in [2.05, 4.69) is 15.2 Å². The van der Waals surface area contributed by atoms with Gasteiger partial charge in [0.05, 0.1) is 17.9 Å². The predicted molar refractivity (Wildman–Crippen MR) is 76.2 cm³/mol. The van der Waals surface area contributed by atoms with Crippen molar-refractivity contribution in [2.45, 2.75) is 6.04 Å². The van der Waals surface area contributed by atoms with E-state index in [9.17, 15) is 4.79 Å². The van der Waals surface area contributed by atoms with Gasteiger partial charge in [-0.1, -0.05) is 12.2 Å². The maximum absolute atomic E-state index is 11.6. The molecule has 0 aliphatic carbocycles. The van der Waals surface area contributed by atoms with E-state index in [1.165, 1.54) is 0 Å². The summed E-state index contributed by atoms with van der Waals surface area (Å²) in [4.78, 5) is 20.2. The number of rotatable bonds is 2. The first-order chi connectivity index (χ1) is 9.16. The van der Waals surface area contributed by atoms with Gasteiger partial charge in [-0.05, 0) is 6.07 Å². The highest BCUT2D eigenvalue weighted by molar-refractivity contribution is 7.80. The number of piperazine rings is 1. The average molecular weight is 277 g/mol. The Bertz CT molecular complexity index is 535. The molecule has 0 radical (unpaired) electrons. The summed E-state index contributed by atoms with van der Waals surface area (Å²) < 4.78 is 0. The fraction of sp³-hybridized carbons (Fsp3) is 0.417. The summed E-state index contributed by atoms with van der Waals surface area (Å²) in [6.45, 7) is 2.95. The highest BCUT2D eigenvalue weighted by atomic mass is 32.1. The summed E-state index contributed by atoms with van der Waals surface area (Å²) in [7, 11) is 0. The van der Waals surface area contributed by atoms with Crippen LogP contribution in [0.3, 0.4) is 0 Å². The van der Waals surface area contributed by atoms with Gasteiger partial charge in [-0.2, -0.15) is 0 Å². The molecule has 1 atom stereocenters. The van der Waals surface area contributed by atoms with Crippen LogP contribution in [0.15, 0.2) is 18.5 Å². The number of thiocarbonyl (C=S) groups is 1. The van der Waals surface area contributed by atoms with Crippen molar-refractivity contribution < 1.29 is 4.79 Å². The van der Waals surface area contributed by atoms with Crippen molar-refractivity contribution in [1.82, 2.24) is 15.2 Å². The van der Waals surface area contributed by atoms with Crippen molar-refractivity contribution in [2.75, 3.05) is 31.1 Å². The van der Waals surface area contributed by atoms with Crippen LogP contribution in [0.5, 0.6) is 0 Å². The monoisotopic (exact) mass is 277 g/mol. The summed E-state index contributed by atoms with van der Waals surface area (Å²) in [6.07, 6.45) is 3.48. The van der Waals surface area contributed by atoms with Crippen molar-refractivity contribution in [2.24, 2.45) is 5.73 Å². The molecule has 3 heterocycles. The lowest BCUT2D eigenvalue weighted by atomic mass is 10.1. The number of nitrogens with one attached hydrogen (secondary N) is 1. The van der Waals surface area contributed by atoms with Gasteiger partial charge in [0.2, 0.25) is 0 Å². The normalized spacial score (nSPS) is 22.1. The second-order valence-electron chi connectivity index (χ2n) is 4.74. The molecule has 6 nitrogen and oxygen atoms in total. The Labute approximate surface area is 116 Å². The van der Waals surface area contributed by atoms with Crippen LogP contribution < -0.4 is 16.0 Å². The molecule has 2 saturated heterocycles. The molecule has 0 spiro atoms. The molecule has 0 aromatic carbocycles. The van der Waals surface area contributed by atoms with Gasteiger partial charge < -0.3 is 20.9 Å². The number of pyridine rings is 1. The van der Waals surface area contributed by atoms with Crippen LogP contribution in [-0.2, 0) is 0 Å². The molecular formula is C12H15N5OS. The van der Waals surface area contributed by atoms with E-state index < -0.39 is 0 Å². The second kappa shape index (κ2) is 4.65. The Morgan fingerprint density at radius 2 is 2.37 bits per heavy atom. The first-order valence-corrected chi connectivity index (χ1v) is 6.61. The molecule has 100 valence electrons. The van der Waals surface area contributed by atoms with Gasteiger partial charge in [-0.15, -0.1) is 0 Å². The van der Waals surface area contributed by atoms with E-state index in [0.29, 0.717) is 18.1 Å². The number of urea groups is 1. The average Bonchev–Trinajstić information content (AvgIpc) is 2.80. The molecule has 2 aliphatic rings. The summed E-state index contributed by atoms with van der Waals surface area (Å²) in [5, 5.41) is 2.87. The lowest BCUT2D eigenvalue weighted by molar-refractivity contribution is 0.197. The molecule has 7 heteroatoms. The number of nitrogens with two attached hydrogens (primary N) is 1. The smallest absolute Gasteiger partial charge is 0.317 e. The van der Waals surface area contributed by atoms with Crippen LogP contribution >= 0.6 is 12.2 Å². The molecule has 19 heavy (non-hydrogen) atoms. The molecule has 3 N–H and O–H groups in total. The zero-order valence-electron chi connectivity index (χ0n) is 10.4. The minimum absolute atomic E-state index is 0.0328. The highest BCUT2D eigenvalue weighted by Crippen LogP contribution is 2.23. The van der Waals surface area contributed by atoms with Gasteiger partial charge in [0, 0.05) is 37.9 Å². The van der Waals surface area contributed by atoms with E-state index >= 15 is 0 Å². The van der Waals surface area contributed by atoms with Crippen LogP contribution in [0.4, 0.5) is 10.5 Å². The predicted octanol–water partition coefficient (Wildman–Crippen LogP) is -0.0704. The zero-order chi connectivity index (χ0) is 13.4. The van der Waals surface area contributed by atoms with Gasteiger partial charge in [-0.25, -0.2) is 4.79 Å². The number of amides is 2. The summed E-state index contributed by atoms with van der Waals surface area (Å²) in [5.74, 6) is 0. The number of nitrogens with zero attached hydrogens (tertiary/aromatic N) is 3. The molecule has 0 saturated carbocycles. The summed E-state index contributed by atoms with van der Waals surface area (Å²) in [5.41, 5.74) is 7.55. The standard InChI is InChI=1S/C12H15N5OS/c13-11(19)9-1-2-14-6-10(9)16-3-4-17-8(7-16)5-15-12(17)18/h1-2,6,8H,3-5,7H2,(H2,13,19)(H,15,18). The van der Waals surface area contributed by atoms with E-state index in [1.807, 2.05) is 11.0 Å². The molecule has 0 bridgehead atoms. The Morgan fingerprint density at radius 1 is 1.53 bits per heavy atom. The quantitative estimate of drug-likeness (QED) is 0.740. The van der Waals surface area contributed by atoms with E-state index in [0.717, 1.165) is 24.3 Å². The van der Waals surface area contributed by atoms with E-state index in [-0.39, 0.29) is 12.1 Å². The van der Waals surface area contributed by atoms with Gasteiger partial charge in [-0.3, -0.25) is 4.98 Å². The van der Waals surface area contributed by atoms with E-state index in [4.69, 9.17) is 18.0 Å². The lowest BCUT2D eigenvalue weighted by Gasteiger charge is -2.38. The van der Waals surface area contributed by atoms with Gasteiger partial charge in [0.15, 0.2) is 0 Å². The first kappa shape index (κ1) is 12.2. The van der Waals surface area contributed by atoms with Crippen LogP contribution in [0.1, 0.15) is 5.56 Å². The Morgan fingerprint density at radius 3 is 3.16 bits per heavy atom. The molecule has 1 unspecified atom stereocenters. The Hall–Kier alpha value is -1.89. The van der Waals surface area contributed by atoms with Crippen LogP contribution in [0, 0.1) is 0 Å². The van der Waals surface area contributed by atoms with Crippen molar-refractivity contribution in [3.63, 3.8) is 0 Å². The molecule has 2 amide bonds. The van der Waals surface area contributed by atoms with Crippen molar-refractivity contribution in [3.8, 4) is 0 Å². The van der Waals surface area contributed by atoms with E-state index in [1.54, 1.807) is 12.4 Å². The number of fused-ring (bicyclic) bond motifs is 1. The molecule has 3 rings (SSSR count). The molecular weight excluding hydrogens is 262 g/mol. The third-order valence-electron chi connectivity index (χ3n) is 3.64. The molecule has 1 aromatic rings. The number of hydrogen-bond acceptors (Lipinski definition) is 4. The van der Waals surface area contributed by atoms with Crippen molar-refractivity contribution >= 4 is 28.9 Å². The van der Waals surface area contributed by atoms with Crippen molar-refractivity contribution in [1.29, 1.82) is 0 Å². The SMILES string of the molecule is NC(=S)c1ccncc1N1CCN2C(=O)NCC2C1. The van der Waals surface area contributed by atoms with Gasteiger partial charge in [0.1, 0.15) is 4.99 Å². The lowest BCUT2D eigenvalue weighted by Crippen LogP contribution is -2.52. The van der Waals surface area contributed by atoms with Crippen LogP contribution in [0.25, 0.3) is 0 Å². The fourth-order valence-electron chi connectivity index (χ4n) is 2.67. The first-order valence-electron chi connectivity index (χ1n) is 6.20. The number of anilines is 1. The highest BCUT2D eigenvalue weighted by Gasteiger charge is 2.35. The maximum Gasteiger partial charge on any atom is 0.317 e. The van der Waals surface area contributed by atoms with Crippen LogP contribution in [0.2, 0.25) is 0 Å². The minimum atomic E-state index is 0.0328.